The molecule has 2 aliphatic rings. The Morgan fingerprint density at radius 3 is 2.00 bits per heavy atom. The fourth-order valence-electron chi connectivity index (χ4n) is 2.51. The number of carbonyl (C=O) groups is 1. The first kappa shape index (κ1) is 29.4. The monoisotopic (exact) mass is 413 g/mol. The molecule has 1 unspecified atom stereocenters. The minimum absolute atomic E-state index is 0. The molecule has 0 aromatic rings. The first-order valence-corrected chi connectivity index (χ1v) is 7.14. The number of hydrogen-bond donors (Lipinski definition) is 1. The van der Waals surface area contributed by atoms with Crippen molar-refractivity contribution in [3.05, 3.63) is 66.4 Å². The van der Waals surface area contributed by atoms with E-state index in [0.29, 0.717) is 22.4 Å². The fraction of sp³-hybridized carbons (Fsp3) is 0.316. The largest absolute Gasteiger partial charge is 0 e. The molecule has 144 valence electrons. The molecule has 1 N–H and O–H groups in total. The van der Waals surface area contributed by atoms with Crippen molar-refractivity contribution in [1.82, 2.24) is 0 Å². The van der Waals surface area contributed by atoms with Crippen LogP contribution in [0.2, 0.25) is 0 Å². The van der Waals surface area contributed by atoms with Gasteiger partial charge in [-0.15, -0.1) is 0 Å². The topological polar surface area (TPSA) is 119 Å². The van der Waals surface area contributed by atoms with Crippen molar-refractivity contribution in [2.75, 3.05) is 14.2 Å². The van der Waals surface area contributed by atoms with Crippen molar-refractivity contribution in [3.63, 3.8) is 0 Å². The average molecular weight is 413 g/mol. The molecule has 0 radical (unpaired) electrons. The number of nitrogens with one attached hydrogen (secondary N) is 1. The number of ketones is 1. The summed E-state index contributed by atoms with van der Waals surface area (Å²) in [6.45, 7) is 17.0. The quantitative estimate of drug-likeness (QED) is 0.332. The van der Waals surface area contributed by atoms with Crippen LogP contribution in [0.15, 0.2) is 46.5 Å². The third-order valence-corrected chi connectivity index (χ3v) is 3.85. The van der Waals surface area contributed by atoms with Crippen LogP contribution < -0.4 is 0 Å². The number of ether oxygens (including phenoxy) is 2. The molecule has 0 fully saturated rings. The molecule has 8 heteroatoms. The van der Waals surface area contributed by atoms with Crippen LogP contribution in [0.5, 0.6) is 0 Å². The average Bonchev–Trinajstić information content (AvgIpc) is 2.73. The van der Waals surface area contributed by atoms with Gasteiger partial charge in [0.2, 0.25) is 5.78 Å². The van der Waals surface area contributed by atoms with Gasteiger partial charge in [0.1, 0.15) is 5.76 Å². The van der Waals surface area contributed by atoms with Gasteiger partial charge in [-0.05, 0) is 38.0 Å². The van der Waals surface area contributed by atoms with E-state index in [1.807, 2.05) is 25.2 Å². The van der Waals surface area contributed by atoms with E-state index < -0.39 is 0 Å². The molecule has 7 nitrogen and oxygen atoms in total. The second kappa shape index (κ2) is 15.9. The van der Waals surface area contributed by atoms with Gasteiger partial charge in [0.15, 0.2) is 5.76 Å². The van der Waals surface area contributed by atoms with Crippen LogP contribution in [0.3, 0.4) is 0 Å². The number of Topliss-reactive ketones (excluding diaryl/α,β-unsaturated/α-hetero) is 1. The van der Waals surface area contributed by atoms with E-state index in [0.717, 1.165) is 12.2 Å². The van der Waals surface area contributed by atoms with Crippen molar-refractivity contribution in [1.29, 1.82) is 5.41 Å². The zero-order valence-electron chi connectivity index (χ0n) is 15.3. The summed E-state index contributed by atoms with van der Waals surface area (Å²) >= 11 is 0. The second-order valence-electron chi connectivity index (χ2n) is 4.92. The van der Waals surface area contributed by atoms with Gasteiger partial charge in [0, 0.05) is 34.1 Å². The summed E-state index contributed by atoms with van der Waals surface area (Å²) in [6.07, 6.45) is 6.55. The van der Waals surface area contributed by atoms with Gasteiger partial charge in [-0.3, -0.25) is 4.79 Å². The first-order chi connectivity index (χ1) is 12.5. The SMILES string of the molecule is COC1=CC(C2=C(OC)C(=O)C(C)=C(C)C2=N)CC=C1.[C-]#[O+].[C-]#[O+].[C-]#[O+].[Fe]. The van der Waals surface area contributed by atoms with E-state index in [-0.39, 0.29) is 34.5 Å². The van der Waals surface area contributed by atoms with Crippen molar-refractivity contribution in [2.24, 2.45) is 5.92 Å². The van der Waals surface area contributed by atoms with Crippen molar-refractivity contribution in [3.8, 4) is 0 Å². The third kappa shape index (κ3) is 7.04. The standard InChI is InChI=1S/C16H19NO3.3CO.Fe/c1-9-10(2)15(18)16(20-4)13(14(9)17)11-6-5-7-12(8-11)19-3;3*1-2;/h5,7-8,11,17H,6H2,1-4H3;;;;. The molecule has 2 aliphatic carbocycles. The second-order valence-corrected chi connectivity index (χ2v) is 4.92. The molecule has 0 aromatic carbocycles. The van der Waals surface area contributed by atoms with Crippen LogP contribution in [0, 0.1) is 31.3 Å². The molecule has 0 heterocycles. The number of rotatable bonds is 3. The Hall–Kier alpha value is -2.36. The molecule has 0 amide bonds. The van der Waals surface area contributed by atoms with Gasteiger partial charge in [0.05, 0.1) is 19.9 Å². The predicted octanol–water partition coefficient (Wildman–Crippen LogP) is 2.82. The summed E-state index contributed by atoms with van der Waals surface area (Å²) in [6, 6.07) is 0. The summed E-state index contributed by atoms with van der Waals surface area (Å²) in [5.74, 6) is 0.834. The van der Waals surface area contributed by atoms with Crippen LogP contribution in [0.25, 0.3) is 0 Å². The van der Waals surface area contributed by atoms with Gasteiger partial charge in [0.25, 0.3) is 0 Å². The molecule has 0 bridgehead atoms. The van der Waals surface area contributed by atoms with Crippen molar-refractivity contribution in [2.45, 2.75) is 20.3 Å². The summed E-state index contributed by atoms with van der Waals surface area (Å²) in [5, 5.41) is 8.32. The number of allylic oxidation sites excluding steroid dienone is 6. The van der Waals surface area contributed by atoms with E-state index in [1.165, 1.54) is 7.11 Å². The molecule has 0 saturated heterocycles. The maximum atomic E-state index is 12.3. The van der Waals surface area contributed by atoms with Gasteiger partial charge < -0.3 is 14.9 Å². The molecule has 0 aliphatic heterocycles. The molecular weight excluding hydrogens is 394 g/mol. The van der Waals surface area contributed by atoms with Gasteiger partial charge in [-0.1, -0.05) is 6.08 Å². The van der Waals surface area contributed by atoms with Gasteiger partial charge in [-0.2, -0.15) is 0 Å². The van der Waals surface area contributed by atoms with Gasteiger partial charge >= 0.3 is 33.9 Å². The minimum atomic E-state index is -0.127. The summed E-state index contributed by atoms with van der Waals surface area (Å²) in [5.41, 5.74) is 2.33. The van der Waals surface area contributed by atoms with Crippen molar-refractivity contribution < 1.29 is 45.3 Å². The van der Waals surface area contributed by atoms with E-state index in [9.17, 15) is 4.79 Å². The Kier molecular flexibility index (Phi) is 17.3. The Labute approximate surface area is 169 Å². The van der Waals surface area contributed by atoms with E-state index in [1.54, 1.807) is 14.0 Å². The molecule has 0 aromatic heterocycles. The van der Waals surface area contributed by atoms with Gasteiger partial charge in [-0.25, -0.2) is 0 Å². The number of methoxy groups -OCH3 is 2. The smallest absolute Gasteiger partial charge is 0 e. The Bertz CT molecular complexity index is 708. The van der Waals surface area contributed by atoms with Crippen LogP contribution in [0.1, 0.15) is 20.3 Å². The van der Waals surface area contributed by atoms with E-state index >= 15 is 0 Å². The summed E-state index contributed by atoms with van der Waals surface area (Å²) < 4.78 is 33.0. The summed E-state index contributed by atoms with van der Waals surface area (Å²) in [4.78, 5) is 12.3. The Balaban J connectivity index is -0.000000749. The zero-order chi connectivity index (χ0) is 20.9. The van der Waals surface area contributed by atoms with Crippen LogP contribution in [0.4, 0.5) is 0 Å². The van der Waals surface area contributed by atoms with E-state index in [2.05, 4.69) is 20.0 Å². The minimum Gasteiger partial charge on any atom is 0 e. The Morgan fingerprint density at radius 2 is 1.56 bits per heavy atom. The van der Waals surface area contributed by atoms with Crippen LogP contribution in [-0.4, -0.2) is 25.7 Å². The normalized spacial score (nSPS) is 17.4. The van der Waals surface area contributed by atoms with Crippen LogP contribution >= 0.6 is 0 Å². The molecule has 0 spiro atoms. The van der Waals surface area contributed by atoms with Crippen LogP contribution in [-0.2, 0) is 45.3 Å². The van der Waals surface area contributed by atoms with Crippen molar-refractivity contribution >= 4 is 11.5 Å². The fourth-order valence-corrected chi connectivity index (χ4v) is 2.51. The molecule has 1 atom stereocenters. The Morgan fingerprint density at radius 1 is 1.04 bits per heavy atom. The number of carbonyl (C=O) groups excluding carboxylic acids is 1. The molecular formula is C19H19FeNO6. The maximum absolute atomic E-state index is 12.3. The zero-order valence-corrected chi connectivity index (χ0v) is 16.4. The number of hydrogen-bond acceptors (Lipinski definition) is 4. The molecule has 0 saturated carbocycles. The maximum Gasteiger partial charge on any atom is 0 e. The third-order valence-electron chi connectivity index (χ3n) is 3.85. The molecule has 2 rings (SSSR count). The van der Waals surface area contributed by atoms with E-state index in [4.69, 9.17) is 28.8 Å². The summed E-state index contributed by atoms with van der Waals surface area (Å²) in [7, 11) is 3.09. The molecule has 27 heavy (non-hydrogen) atoms. The first-order valence-electron chi connectivity index (χ1n) is 7.14. The predicted molar refractivity (Wildman–Crippen MR) is 89.3 cm³/mol.